The van der Waals surface area contributed by atoms with E-state index in [-0.39, 0.29) is 18.7 Å². The lowest BCUT2D eigenvalue weighted by molar-refractivity contribution is 0.00512. The fraction of sp³-hybridized carbons (Fsp3) is 0.476. The quantitative estimate of drug-likeness (QED) is 0.877. The molecule has 5 heteroatoms. The van der Waals surface area contributed by atoms with Crippen LogP contribution in [0.1, 0.15) is 50.8 Å². The maximum atomic E-state index is 12.5. The molecule has 0 aliphatic carbocycles. The summed E-state index contributed by atoms with van der Waals surface area (Å²) in [5.74, 6) is 0. The Labute approximate surface area is 154 Å². The Kier molecular flexibility index (Phi) is 5.21. The van der Waals surface area contributed by atoms with Gasteiger partial charge >= 0.3 is 6.09 Å². The van der Waals surface area contributed by atoms with Crippen LogP contribution in [0.2, 0.25) is 0 Å². The molecule has 1 heterocycles. The minimum atomic E-state index is -0.803. The first-order valence-electron chi connectivity index (χ1n) is 9.11. The molecule has 5 nitrogen and oxygen atoms in total. The summed E-state index contributed by atoms with van der Waals surface area (Å²) in [6.07, 6.45) is 0.391. The first-order chi connectivity index (χ1) is 12.3. The van der Waals surface area contributed by atoms with Crippen molar-refractivity contribution < 1.29 is 19.7 Å². The van der Waals surface area contributed by atoms with E-state index in [9.17, 15) is 15.0 Å². The number of carbonyl (C=O) groups is 1. The second-order valence-corrected chi connectivity index (χ2v) is 7.85. The zero-order chi connectivity index (χ0) is 18.9. The van der Waals surface area contributed by atoms with E-state index in [0.717, 1.165) is 34.7 Å². The molecule has 0 bridgehead atoms. The number of rotatable bonds is 3. The second-order valence-electron chi connectivity index (χ2n) is 7.85. The Morgan fingerprint density at radius 2 is 1.92 bits per heavy atom. The van der Waals surface area contributed by atoms with Crippen molar-refractivity contribution >= 4 is 16.9 Å². The number of fused-ring (bicyclic) bond motifs is 1. The Bertz CT molecular complexity index is 796. The molecule has 2 aromatic rings. The van der Waals surface area contributed by atoms with E-state index >= 15 is 0 Å². The molecule has 0 spiro atoms. The lowest BCUT2D eigenvalue weighted by Crippen LogP contribution is -2.42. The van der Waals surface area contributed by atoms with Crippen molar-refractivity contribution in [3.05, 3.63) is 47.5 Å². The SMILES string of the molecule is CC(C)(C)OC(=O)N1CCCC1C(O)c1ccc(CO)c2ccccc12. The van der Waals surface area contributed by atoms with Crippen molar-refractivity contribution in [2.75, 3.05) is 6.54 Å². The molecule has 0 saturated carbocycles. The van der Waals surface area contributed by atoms with E-state index < -0.39 is 11.7 Å². The standard InChI is InChI=1S/C21H27NO4/c1-21(2,3)26-20(25)22-12-6-9-18(22)19(24)17-11-10-14(13-23)15-7-4-5-8-16(15)17/h4-5,7-8,10-11,18-19,23-24H,6,9,12-13H2,1-3H3. The highest BCUT2D eigenvalue weighted by Gasteiger charge is 2.37. The molecule has 2 N–H and O–H groups in total. The van der Waals surface area contributed by atoms with Crippen LogP contribution in [0.15, 0.2) is 36.4 Å². The summed E-state index contributed by atoms with van der Waals surface area (Å²) in [4.78, 5) is 14.2. The molecule has 1 fully saturated rings. The number of aliphatic hydroxyl groups is 2. The van der Waals surface area contributed by atoms with Crippen LogP contribution in [-0.4, -0.2) is 39.4 Å². The average molecular weight is 357 g/mol. The summed E-state index contributed by atoms with van der Waals surface area (Å²) in [5, 5.41) is 22.5. The van der Waals surface area contributed by atoms with Crippen LogP contribution in [0.3, 0.4) is 0 Å². The van der Waals surface area contributed by atoms with Gasteiger partial charge < -0.3 is 19.8 Å². The molecule has 3 rings (SSSR count). The highest BCUT2D eigenvalue weighted by atomic mass is 16.6. The van der Waals surface area contributed by atoms with Crippen molar-refractivity contribution in [3.63, 3.8) is 0 Å². The van der Waals surface area contributed by atoms with E-state index in [1.54, 1.807) is 4.90 Å². The topological polar surface area (TPSA) is 70.0 Å². The minimum Gasteiger partial charge on any atom is -0.444 e. The van der Waals surface area contributed by atoms with Crippen molar-refractivity contribution in [2.45, 2.75) is 58.0 Å². The molecule has 0 radical (unpaired) electrons. The van der Waals surface area contributed by atoms with Crippen LogP contribution >= 0.6 is 0 Å². The van der Waals surface area contributed by atoms with Gasteiger partial charge in [0.1, 0.15) is 11.7 Å². The van der Waals surface area contributed by atoms with Gasteiger partial charge in [0.25, 0.3) is 0 Å². The minimum absolute atomic E-state index is 0.0512. The summed E-state index contributed by atoms with van der Waals surface area (Å²) >= 11 is 0. The maximum Gasteiger partial charge on any atom is 0.410 e. The number of benzene rings is 2. The Morgan fingerprint density at radius 3 is 2.58 bits per heavy atom. The van der Waals surface area contributed by atoms with E-state index in [1.807, 2.05) is 57.2 Å². The third kappa shape index (κ3) is 3.69. The fourth-order valence-electron chi connectivity index (χ4n) is 3.66. The van der Waals surface area contributed by atoms with Crippen LogP contribution in [0.4, 0.5) is 4.79 Å². The smallest absolute Gasteiger partial charge is 0.410 e. The van der Waals surface area contributed by atoms with E-state index in [4.69, 9.17) is 4.74 Å². The first kappa shape index (κ1) is 18.7. The van der Waals surface area contributed by atoms with Crippen molar-refractivity contribution in [1.29, 1.82) is 0 Å². The average Bonchev–Trinajstić information content (AvgIpc) is 3.08. The number of hydrogen-bond donors (Lipinski definition) is 2. The molecule has 140 valence electrons. The number of carbonyl (C=O) groups excluding carboxylic acids is 1. The van der Waals surface area contributed by atoms with E-state index in [1.165, 1.54) is 0 Å². The Morgan fingerprint density at radius 1 is 1.23 bits per heavy atom. The zero-order valence-corrected chi connectivity index (χ0v) is 15.6. The van der Waals surface area contributed by atoms with Crippen molar-refractivity contribution in [3.8, 4) is 0 Å². The molecule has 1 aliphatic heterocycles. The number of nitrogens with zero attached hydrogens (tertiary/aromatic N) is 1. The highest BCUT2D eigenvalue weighted by Crippen LogP contribution is 2.35. The molecule has 1 aliphatic rings. The third-order valence-corrected chi connectivity index (χ3v) is 4.83. The second kappa shape index (κ2) is 7.25. The summed E-state index contributed by atoms with van der Waals surface area (Å²) in [7, 11) is 0. The van der Waals surface area contributed by atoms with Crippen LogP contribution in [0.25, 0.3) is 10.8 Å². The van der Waals surface area contributed by atoms with Gasteiger partial charge in [0, 0.05) is 6.54 Å². The number of ether oxygens (including phenoxy) is 1. The normalized spacial score (nSPS) is 19.0. The lowest BCUT2D eigenvalue weighted by atomic mass is 9.93. The van der Waals surface area contributed by atoms with Crippen molar-refractivity contribution in [2.24, 2.45) is 0 Å². The molecule has 1 amide bonds. The van der Waals surface area contributed by atoms with Gasteiger partial charge in [0.15, 0.2) is 0 Å². The van der Waals surface area contributed by atoms with Crippen LogP contribution in [0, 0.1) is 0 Å². The number of amides is 1. The van der Waals surface area contributed by atoms with Gasteiger partial charge in [-0.2, -0.15) is 0 Å². The molecular formula is C21H27NO4. The van der Waals surface area contributed by atoms with Crippen LogP contribution in [-0.2, 0) is 11.3 Å². The summed E-state index contributed by atoms with van der Waals surface area (Å²) < 4.78 is 5.50. The van der Waals surface area contributed by atoms with Gasteiger partial charge in [-0.05, 0) is 55.5 Å². The Balaban J connectivity index is 1.92. The van der Waals surface area contributed by atoms with Gasteiger partial charge in [-0.1, -0.05) is 36.4 Å². The van der Waals surface area contributed by atoms with Gasteiger partial charge in [0.2, 0.25) is 0 Å². The molecule has 2 aromatic carbocycles. The maximum absolute atomic E-state index is 12.5. The van der Waals surface area contributed by atoms with Gasteiger partial charge in [-0.25, -0.2) is 4.79 Å². The lowest BCUT2D eigenvalue weighted by Gasteiger charge is -2.31. The molecule has 1 saturated heterocycles. The van der Waals surface area contributed by atoms with Crippen LogP contribution in [0.5, 0.6) is 0 Å². The first-order valence-corrected chi connectivity index (χ1v) is 9.11. The fourth-order valence-corrected chi connectivity index (χ4v) is 3.66. The van der Waals surface area contributed by atoms with E-state index in [0.29, 0.717) is 6.54 Å². The molecule has 2 atom stereocenters. The van der Waals surface area contributed by atoms with Crippen LogP contribution < -0.4 is 0 Å². The molecule has 0 aromatic heterocycles. The molecular weight excluding hydrogens is 330 g/mol. The largest absolute Gasteiger partial charge is 0.444 e. The molecule has 2 unspecified atom stereocenters. The predicted molar refractivity (Wildman–Crippen MR) is 101 cm³/mol. The summed E-state index contributed by atoms with van der Waals surface area (Å²) in [6.45, 7) is 6.06. The number of likely N-dealkylation sites (tertiary alicyclic amines) is 1. The zero-order valence-electron chi connectivity index (χ0n) is 15.6. The van der Waals surface area contributed by atoms with Gasteiger partial charge in [0.05, 0.1) is 12.6 Å². The number of hydrogen-bond acceptors (Lipinski definition) is 4. The Hall–Kier alpha value is -2.11. The van der Waals surface area contributed by atoms with Gasteiger partial charge in [-0.15, -0.1) is 0 Å². The van der Waals surface area contributed by atoms with E-state index in [2.05, 4.69) is 0 Å². The summed E-state index contributed by atoms with van der Waals surface area (Å²) in [6, 6.07) is 11.1. The third-order valence-electron chi connectivity index (χ3n) is 4.83. The number of aliphatic hydroxyl groups excluding tert-OH is 2. The predicted octanol–water partition coefficient (Wildman–Crippen LogP) is 3.77. The highest BCUT2D eigenvalue weighted by molar-refractivity contribution is 5.89. The van der Waals surface area contributed by atoms with Gasteiger partial charge in [-0.3, -0.25) is 0 Å². The summed E-state index contributed by atoms with van der Waals surface area (Å²) in [5.41, 5.74) is 1.04. The molecule has 26 heavy (non-hydrogen) atoms. The van der Waals surface area contributed by atoms with Crippen molar-refractivity contribution in [1.82, 2.24) is 4.90 Å². The monoisotopic (exact) mass is 357 g/mol.